The van der Waals surface area contributed by atoms with Gasteiger partial charge in [-0.05, 0) is 54.7 Å². The minimum Gasteiger partial charge on any atom is -0.330 e. The Balaban J connectivity index is 1.87. The van der Waals surface area contributed by atoms with E-state index in [1.165, 1.54) is 41.7 Å². The summed E-state index contributed by atoms with van der Waals surface area (Å²) in [5, 5.41) is 2.17. The zero-order valence-corrected chi connectivity index (χ0v) is 12.1. The maximum absolute atomic E-state index is 6.20. The van der Waals surface area contributed by atoms with E-state index in [9.17, 15) is 0 Å². The molecule has 1 nitrogen and oxygen atoms in total. The van der Waals surface area contributed by atoms with Crippen LogP contribution < -0.4 is 5.73 Å². The van der Waals surface area contributed by atoms with Gasteiger partial charge in [0.25, 0.3) is 0 Å². The average molecular weight is 271 g/mol. The van der Waals surface area contributed by atoms with Crippen molar-refractivity contribution in [3.8, 4) is 0 Å². The number of benzene rings is 1. The zero-order valence-electron chi connectivity index (χ0n) is 11.3. The molecule has 0 saturated carbocycles. The molecule has 2 N–H and O–H groups in total. The van der Waals surface area contributed by atoms with Crippen molar-refractivity contribution >= 4 is 11.3 Å². The van der Waals surface area contributed by atoms with E-state index >= 15 is 0 Å². The summed E-state index contributed by atoms with van der Waals surface area (Å²) in [6.07, 6.45) is 6.08. The summed E-state index contributed by atoms with van der Waals surface area (Å²) < 4.78 is 0. The summed E-state index contributed by atoms with van der Waals surface area (Å²) in [5.41, 5.74) is 9.44. The largest absolute Gasteiger partial charge is 0.330 e. The highest BCUT2D eigenvalue weighted by atomic mass is 32.1. The van der Waals surface area contributed by atoms with Crippen molar-refractivity contribution in [2.75, 3.05) is 6.54 Å². The highest BCUT2D eigenvalue weighted by molar-refractivity contribution is 7.09. The van der Waals surface area contributed by atoms with Crippen molar-refractivity contribution in [2.24, 2.45) is 5.73 Å². The first-order chi connectivity index (χ1) is 9.34. The van der Waals surface area contributed by atoms with Crippen molar-refractivity contribution in [3.05, 3.63) is 57.8 Å². The Morgan fingerprint density at radius 1 is 1.16 bits per heavy atom. The first-order valence-corrected chi connectivity index (χ1v) is 8.03. The molecule has 1 aromatic heterocycles. The molecule has 3 rings (SSSR count). The van der Waals surface area contributed by atoms with Crippen LogP contribution in [-0.2, 0) is 18.3 Å². The Morgan fingerprint density at radius 3 is 2.84 bits per heavy atom. The molecule has 2 aromatic rings. The highest BCUT2D eigenvalue weighted by Gasteiger charge is 2.34. The van der Waals surface area contributed by atoms with Gasteiger partial charge in [0, 0.05) is 16.8 Å². The van der Waals surface area contributed by atoms with Gasteiger partial charge in [0.2, 0.25) is 0 Å². The fourth-order valence-electron chi connectivity index (χ4n) is 3.40. The van der Waals surface area contributed by atoms with Gasteiger partial charge in [0.15, 0.2) is 0 Å². The lowest BCUT2D eigenvalue weighted by molar-refractivity contribution is 0.344. The van der Waals surface area contributed by atoms with Crippen molar-refractivity contribution in [1.82, 2.24) is 0 Å². The lowest BCUT2D eigenvalue weighted by Gasteiger charge is -2.38. The Morgan fingerprint density at radius 2 is 2.05 bits per heavy atom. The Kier molecular flexibility index (Phi) is 3.72. The van der Waals surface area contributed by atoms with E-state index in [0.717, 1.165) is 13.0 Å². The minimum absolute atomic E-state index is 0.207. The second-order valence-corrected chi connectivity index (χ2v) is 6.61. The number of hydrogen-bond acceptors (Lipinski definition) is 2. The van der Waals surface area contributed by atoms with Gasteiger partial charge in [-0.15, -0.1) is 11.3 Å². The van der Waals surface area contributed by atoms with Crippen LogP contribution in [-0.4, -0.2) is 6.54 Å². The maximum atomic E-state index is 6.20. The summed E-state index contributed by atoms with van der Waals surface area (Å²) in [4.78, 5) is 1.48. The summed E-state index contributed by atoms with van der Waals surface area (Å²) in [6.45, 7) is 0.773. The quantitative estimate of drug-likeness (QED) is 0.896. The molecule has 0 fully saturated rings. The van der Waals surface area contributed by atoms with Crippen molar-refractivity contribution in [2.45, 2.75) is 37.5 Å². The zero-order chi connectivity index (χ0) is 13.1. The molecule has 1 aliphatic carbocycles. The van der Waals surface area contributed by atoms with Crippen LogP contribution in [0, 0.1) is 0 Å². The van der Waals surface area contributed by atoms with Crippen molar-refractivity contribution in [3.63, 3.8) is 0 Å². The third kappa shape index (κ3) is 2.47. The third-order valence-electron chi connectivity index (χ3n) is 4.51. The van der Waals surface area contributed by atoms with Crippen molar-refractivity contribution in [1.29, 1.82) is 0 Å². The van der Waals surface area contributed by atoms with Gasteiger partial charge in [-0.3, -0.25) is 0 Å². The van der Waals surface area contributed by atoms with E-state index in [4.69, 9.17) is 5.73 Å². The molecule has 0 spiro atoms. The Labute approximate surface area is 119 Å². The molecule has 1 atom stereocenters. The molecule has 19 heavy (non-hydrogen) atoms. The van der Waals surface area contributed by atoms with E-state index in [1.807, 2.05) is 11.3 Å². The van der Waals surface area contributed by atoms with Crippen molar-refractivity contribution < 1.29 is 0 Å². The highest BCUT2D eigenvalue weighted by Crippen LogP contribution is 2.40. The standard InChI is InChI=1S/C17H21NS/c18-13-17(11-9-15-7-4-12-19-15)10-3-6-14-5-1-2-8-16(14)17/h1-2,4-5,7-8,12H,3,6,9-11,13,18H2. The summed E-state index contributed by atoms with van der Waals surface area (Å²) >= 11 is 1.86. The molecular formula is C17H21NS. The molecule has 1 heterocycles. The van der Waals surface area contributed by atoms with Gasteiger partial charge in [-0.25, -0.2) is 0 Å². The van der Waals surface area contributed by atoms with Crippen LogP contribution in [0.4, 0.5) is 0 Å². The molecule has 0 amide bonds. The second kappa shape index (κ2) is 5.48. The summed E-state index contributed by atoms with van der Waals surface area (Å²) in [6, 6.07) is 13.3. The number of aryl methyl sites for hydroxylation is 2. The fraction of sp³-hybridized carbons (Fsp3) is 0.412. The lowest BCUT2D eigenvalue weighted by atomic mass is 9.67. The predicted molar refractivity (Wildman–Crippen MR) is 82.8 cm³/mol. The maximum Gasteiger partial charge on any atom is 0.00818 e. The SMILES string of the molecule is NCC1(CCc2cccs2)CCCc2ccccc21. The predicted octanol–water partition coefficient (Wildman–Crippen LogP) is 3.91. The Bertz CT molecular complexity index is 532. The van der Waals surface area contributed by atoms with Crippen LogP contribution in [0.3, 0.4) is 0 Å². The van der Waals surface area contributed by atoms with Gasteiger partial charge < -0.3 is 5.73 Å². The second-order valence-electron chi connectivity index (χ2n) is 5.57. The number of rotatable bonds is 4. The van der Waals surface area contributed by atoms with E-state index in [-0.39, 0.29) is 5.41 Å². The van der Waals surface area contributed by atoms with Gasteiger partial charge in [0.05, 0.1) is 0 Å². The molecule has 1 aromatic carbocycles. The van der Waals surface area contributed by atoms with Crippen LogP contribution in [0.5, 0.6) is 0 Å². The first kappa shape index (κ1) is 12.9. The molecule has 1 unspecified atom stereocenters. The normalized spacial score (nSPS) is 22.2. The molecule has 1 aliphatic rings. The molecule has 0 aliphatic heterocycles. The van der Waals surface area contributed by atoms with Crippen LogP contribution in [0.15, 0.2) is 41.8 Å². The van der Waals surface area contributed by atoms with E-state index in [0.29, 0.717) is 0 Å². The number of nitrogens with two attached hydrogens (primary N) is 1. The van der Waals surface area contributed by atoms with Gasteiger partial charge in [0.1, 0.15) is 0 Å². The summed E-state index contributed by atoms with van der Waals surface area (Å²) in [7, 11) is 0. The molecule has 0 bridgehead atoms. The fourth-order valence-corrected chi connectivity index (χ4v) is 4.11. The smallest absolute Gasteiger partial charge is 0.00818 e. The van der Waals surface area contributed by atoms with Crippen LogP contribution in [0.1, 0.15) is 35.3 Å². The van der Waals surface area contributed by atoms with Gasteiger partial charge in [-0.2, -0.15) is 0 Å². The molecule has 100 valence electrons. The molecule has 0 saturated heterocycles. The lowest BCUT2D eigenvalue weighted by Crippen LogP contribution is -2.38. The third-order valence-corrected chi connectivity index (χ3v) is 5.45. The average Bonchev–Trinajstić information content (AvgIpc) is 2.98. The number of hydrogen-bond donors (Lipinski definition) is 1. The topological polar surface area (TPSA) is 26.0 Å². The first-order valence-electron chi connectivity index (χ1n) is 7.15. The van der Waals surface area contributed by atoms with Crippen LogP contribution >= 0.6 is 11.3 Å². The Hall–Kier alpha value is -1.12. The van der Waals surface area contributed by atoms with E-state index in [1.54, 1.807) is 0 Å². The molecular weight excluding hydrogens is 250 g/mol. The number of thiophene rings is 1. The molecule has 0 radical (unpaired) electrons. The monoisotopic (exact) mass is 271 g/mol. The van der Waals surface area contributed by atoms with Gasteiger partial charge in [-0.1, -0.05) is 30.3 Å². The van der Waals surface area contributed by atoms with Gasteiger partial charge >= 0.3 is 0 Å². The summed E-state index contributed by atoms with van der Waals surface area (Å²) in [5.74, 6) is 0. The minimum atomic E-state index is 0.207. The van der Waals surface area contributed by atoms with Crippen LogP contribution in [0.2, 0.25) is 0 Å². The molecule has 2 heteroatoms. The van der Waals surface area contributed by atoms with Crippen LogP contribution in [0.25, 0.3) is 0 Å². The van der Waals surface area contributed by atoms with E-state index < -0.39 is 0 Å². The van der Waals surface area contributed by atoms with E-state index in [2.05, 4.69) is 41.8 Å². The number of fused-ring (bicyclic) bond motifs is 1.